The quantitative estimate of drug-likeness (QED) is 0.181. The lowest BCUT2D eigenvalue weighted by Gasteiger charge is -2.12. The van der Waals surface area contributed by atoms with E-state index in [1.807, 2.05) is 48.5 Å². The van der Waals surface area contributed by atoms with Gasteiger partial charge in [-0.1, -0.05) is 139 Å². The third-order valence-electron chi connectivity index (χ3n) is 8.78. The monoisotopic (exact) mass is 635 g/mol. The van der Waals surface area contributed by atoms with Crippen LogP contribution in [0.1, 0.15) is 13.7 Å². The first kappa shape index (κ1) is 19.2. The van der Waals surface area contributed by atoms with E-state index in [-0.39, 0.29) is 86.3 Å². The molecule has 2 aromatic heterocycles. The normalized spacial score (nSPS) is 14.5. The van der Waals surface area contributed by atoms with Gasteiger partial charge in [-0.25, -0.2) is 15.0 Å². The molecule has 49 heavy (non-hydrogen) atoms. The number of furan rings is 1. The molecular formula is C45H27N3O. The average Bonchev–Trinajstić information content (AvgIpc) is 3.66. The van der Waals surface area contributed by atoms with Gasteiger partial charge in [0.1, 0.15) is 11.2 Å². The number of fused-ring (bicyclic) bond motifs is 9. The van der Waals surface area contributed by atoms with Crippen molar-refractivity contribution in [1.82, 2.24) is 15.0 Å². The third-order valence-corrected chi connectivity index (χ3v) is 8.78. The van der Waals surface area contributed by atoms with E-state index in [1.165, 1.54) is 6.07 Å². The highest BCUT2D eigenvalue weighted by Crippen LogP contribution is 2.40. The van der Waals surface area contributed by atoms with Crippen LogP contribution < -0.4 is 0 Å². The summed E-state index contributed by atoms with van der Waals surface area (Å²) in [5.41, 5.74) is 0.719. The Balaban J connectivity index is 1.29. The van der Waals surface area contributed by atoms with Crippen LogP contribution in [0.4, 0.5) is 0 Å². The molecule has 4 nitrogen and oxygen atoms in total. The van der Waals surface area contributed by atoms with Crippen molar-refractivity contribution < 1.29 is 18.1 Å². The highest BCUT2D eigenvalue weighted by molar-refractivity contribution is 6.25. The number of hydrogen-bond acceptors (Lipinski definition) is 4. The summed E-state index contributed by atoms with van der Waals surface area (Å²) in [6.07, 6.45) is 0. The van der Waals surface area contributed by atoms with Crippen LogP contribution in [0.15, 0.2) is 168 Å². The smallest absolute Gasteiger partial charge is 0.164 e. The molecule has 0 aliphatic rings. The molecule has 4 heteroatoms. The van der Waals surface area contributed by atoms with Crippen molar-refractivity contribution in [3.63, 3.8) is 0 Å². The summed E-state index contributed by atoms with van der Waals surface area (Å²) in [5, 5.41) is 6.23. The molecule has 0 bridgehead atoms. The van der Waals surface area contributed by atoms with Gasteiger partial charge < -0.3 is 4.42 Å². The lowest BCUT2D eigenvalue weighted by molar-refractivity contribution is 0.669. The fourth-order valence-corrected chi connectivity index (χ4v) is 6.56. The maximum Gasteiger partial charge on any atom is 0.164 e. The number of benzene rings is 8. The van der Waals surface area contributed by atoms with E-state index < -0.39 is 30.2 Å². The fraction of sp³-hybridized carbons (Fsp3) is 0. The van der Waals surface area contributed by atoms with E-state index >= 15 is 0 Å². The molecule has 0 saturated carbocycles. The Kier molecular flexibility index (Phi) is 4.31. The van der Waals surface area contributed by atoms with Crippen LogP contribution in [0.3, 0.4) is 0 Å². The minimum Gasteiger partial charge on any atom is -0.456 e. The number of hydrogen-bond donors (Lipinski definition) is 0. The standard InChI is InChI=1S/C45H27N3O/c1-3-12-28(13-4-1)43-46-44(29-14-5-2-6-15-29)48-45(47-43)37-20-11-21-41-42(37)39-27-31(23-25-40(39)49-41)30-22-24-36-34-18-8-7-16-32(34)33-17-9-10-19-35(33)38(36)26-30/h1-27H/i1D,3D,4D,12D,13D,20D,21D,23D,25D,27D. The summed E-state index contributed by atoms with van der Waals surface area (Å²) >= 11 is 0. The summed E-state index contributed by atoms with van der Waals surface area (Å²) in [6, 6.07) is 27.9. The van der Waals surface area contributed by atoms with Crippen molar-refractivity contribution in [2.75, 3.05) is 0 Å². The molecule has 0 fully saturated rings. The predicted molar refractivity (Wildman–Crippen MR) is 201 cm³/mol. The molecule has 0 aliphatic carbocycles. The van der Waals surface area contributed by atoms with Gasteiger partial charge in [0, 0.05) is 27.5 Å². The molecule has 0 saturated heterocycles. The predicted octanol–water partition coefficient (Wildman–Crippen LogP) is 11.9. The minimum atomic E-state index is -0.584. The summed E-state index contributed by atoms with van der Waals surface area (Å²) in [4.78, 5) is 14.0. The highest BCUT2D eigenvalue weighted by Gasteiger charge is 2.18. The molecule has 0 atom stereocenters. The van der Waals surface area contributed by atoms with Crippen molar-refractivity contribution >= 4 is 54.3 Å². The Labute approximate surface area is 296 Å². The molecule has 2 heterocycles. The molecule has 8 aromatic carbocycles. The van der Waals surface area contributed by atoms with Crippen LogP contribution in [0.2, 0.25) is 0 Å². The van der Waals surface area contributed by atoms with E-state index in [0.29, 0.717) is 11.1 Å². The Bertz CT molecular complexity index is 3400. The third kappa shape index (κ3) is 4.49. The molecule has 10 aromatic rings. The minimum absolute atomic E-state index is 0.00973. The summed E-state index contributed by atoms with van der Waals surface area (Å²) in [5.74, 6) is -0.326. The second-order valence-electron chi connectivity index (χ2n) is 11.6. The van der Waals surface area contributed by atoms with Gasteiger partial charge in [0.15, 0.2) is 17.5 Å². The van der Waals surface area contributed by atoms with Gasteiger partial charge in [-0.2, -0.15) is 0 Å². The molecular weight excluding hydrogens is 599 g/mol. The Hall–Kier alpha value is -6.65. The maximum atomic E-state index is 9.74. The number of nitrogens with zero attached hydrogens (tertiary/aromatic N) is 3. The van der Waals surface area contributed by atoms with Gasteiger partial charge in [0.05, 0.1) is 13.7 Å². The number of aromatic nitrogens is 3. The lowest BCUT2D eigenvalue weighted by Crippen LogP contribution is -2.00. The van der Waals surface area contributed by atoms with Gasteiger partial charge in [-0.3, -0.25) is 0 Å². The molecule has 0 unspecified atom stereocenters. The van der Waals surface area contributed by atoms with E-state index in [0.717, 1.165) is 32.3 Å². The summed E-state index contributed by atoms with van der Waals surface area (Å²) < 4.78 is 94.6. The molecule has 0 N–H and O–H groups in total. The topological polar surface area (TPSA) is 51.8 Å². The highest BCUT2D eigenvalue weighted by atomic mass is 16.3. The van der Waals surface area contributed by atoms with Gasteiger partial charge in [0.25, 0.3) is 0 Å². The van der Waals surface area contributed by atoms with Crippen molar-refractivity contribution in [2.45, 2.75) is 0 Å². The second kappa shape index (κ2) is 11.0. The maximum absolute atomic E-state index is 9.74. The van der Waals surface area contributed by atoms with Crippen LogP contribution in [0.5, 0.6) is 0 Å². The zero-order valence-electron chi connectivity index (χ0n) is 35.6. The first-order valence-electron chi connectivity index (χ1n) is 20.6. The van der Waals surface area contributed by atoms with Crippen molar-refractivity contribution in [3.05, 3.63) is 164 Å². The first-order valence-corrected chi connectivity index (χ1v) is 15.6. The van der Waals surface area contributed by atoms with Crippen LogP contribution in [0, 0.1) is 0 Å². The summed E-state index contributed by atoms with van der Waals surface area (Å²) in [6.45, 7) is 0. The first-order chi connectivity index (χ1) is 28.4. The van der Waals surface area contributed by atoms with Crippen LogP contribution in [-0.2, 0) is 0 Å². The van der Waals surface area contributed by atoms with E-state index in [1.54, 1.807) is 30.3 Å². The van der Waals surface area contributed by atoms with Crippen molar-refractivity contribution in [3.8, 4) is 45.3 Å². The number of rotatable bonds is 4. The van der Waals surface area contributed by atoms with Crippen LogP contribution >= 0.6 is 0 Å². The van der Waals surface area contributed by atoms with Gasteiger partial charge in [0.2, 0.25) is 0 Å². The molecule has 0 radical (unpaired) electrons. The summed E-state index contributed by atoms with van der Waals surface area (Å²) in [7, 11) is 0. The molecule has 0 amide bonds. The van der Waals surface area contributed by atoms with E-state index in [4.69, 9.17) is 17.6 Å². The van der Waals surface area contributed by atoms with Gasteiger partial charge >= 0.3 is 0 Å². The molecule has 10 rings (SSSR count). The Morgan fingerprint density at radius 3 is 1.78 bits per heavy atom. The average molecular weight is 636 g/mol. The second-order valence-corrected chi connectivity index (χ2v) is 11.6. The zero-order chi connectivity index (χ0) is 41.0. The van der Waals surface area contributed by atoms with Crippen molar-refractivity contribution in [2.24, 2.45) is 0 Å². The zero-order valence-corrected chi connectivity index (χ0v) is 25.6. The Morgan fingerprint density at radius 1 is 0.408 bits per heavy atom. The fourth-order valence-electron chi connectivity index (χ4n) is 6.56. The molecule has 0 aliphatic heterocycles. The SMILES string of the molecule is [2H]c1cc([2H])c2oc3c([2H])c([2H])c(-c4ccc5c6ccccc6c6ccccc6c5c4)c([2H])c3c2c1-c1nc(-c2ccccc2)nc(-c2c([2H])c([2H])c([2H])c([2H])c2[2H])n1. The Morgan fingerprint density at radius 2 is 1.04 bits per heavy atom. The van der Waals surface area contributed by atoms with Gasteiger partial charge in [-0.15, -0.1) is 0 Å². The van der Waals surface area contributed by atoms with E-state index in [9.17, 15) is 5.48 Å². The van der Waals surface area contributed by atoms with Gasteiger partial charge in [-0.05, 0) is 67.6 Å². The van der Waals surface area contributed by atoms with E-state index in [2.05, 4.69) is 28.2 Å². The molecule has 228 valence electrons. The van der Waals surface area contributed by atoms with Crippen LogP contribution in [-0.4, -0.2) is 15.0 Å². The van der Waals surface area contributed by atoms with Crippen molar-refractivity contribution in [1.29, 1.82) is 0 Å². The molecule has 0 spiro atoms. The largest absolute Gasteiger partial charge is 0.456 e. The lowest BCUT2D eigenvalue weighted by atomic mass is 9.92. The van der Waals surface area contributed by atoms with Crippen LogP contribution in [0.25, 0.3) is 99.5 Å².